The molecule has 4 aliphatic carbocycles. The molecule has 0 atom stereocenters. The number of hydrogen-bond acceptors (Lipinski definition) is 4. The first-order valence-electron chi connectivity index (χ1n) is 24.2. The minimum Gasteiger partial charge on any atom is -0.278 e. The highest BCUT2D eigenvalue weighted by molar-refractivity contribution is 7.19. The lowest BCUT2D eigenvalue weighted by molar-refractivity contribution is 0.884. The van der Waals surface area contributed by atoms with Crippen molar-refractivity contribution >= 4 is 78.5 Å². The van der Waals surface area contributed by atoms with Crippen molar-refractivity contribution in [1.82, 2.24) is 33.5 Å². The van der Waals surface area contributed by atoms with E-state index in [-0.39, 0.29) is 0 Å². The molecule has 0 amide bonds. The summed E-state index contributed by atoms with van der Waals surface area (Å²) in [6.07, 6.45) is 3.67. The lowest BCUT2D eigenvalue weighted by atomic mass is 9.95. The monoisotopic (exact) mass is 915 g/mol. The summed E-state index contributed by atoms with van der Waals surface area (Å²) in [5, 5.41) is 7.42. The summed E-state index contributed by atoms with van der Waals surface area (Å²) in [5.41, 5.74) is 12.4. The SMILES string of the molecule is c1ccc([Si](c2ccccc2)(c2ccccc2)c2cccc(-c3nc(-n4c5ccccc5c5ccccc54)nc(-n4c5ccccc5n5c6c7ccc(c6nc45)CCc4ccc(cc4)CC7)n3)c2)cc1. The van der Waals surface area contributed by atoms with Gasteiger partial charge in [0.15, 0.2) is 13.9 Å². The molecule has 17 rings (SSSR count). The van der Waals surface area contributed by atoms with Crippen molar-refractivity contribution in [2.45, 2.75) is 25.7 Å². The number of aryl methyl sites for hydroxylation is 4. The molecule has 0 radical (unpaired) electrons. The first kappa shape index (κ1) is 40.4. The van der Waals surface area contributed by atoms with E-state index >= 15 is 0 Å². The third-order valence-electron chi connectivity index (χ3n) is 14.7. The fourth-order valence-electron chi connectivity index (χ4n) is 11.4. The van der Waals surface area contributed by atoms with Gasteiger partial charge in [-0.05, 0) is 92.9 Å². The van der Waals surface area contributed by atoms with Crippen molar-refractivity contribution in [1.29, 1.82) is 0 Å². The van der Waals surface area contributed by atoms with Crippen molar-refractivity contribution in [2.24, 2.45) is 0 Å². The lowest BCUT2D eigenvalue weighted by Gasteiger charge is -2.34. The van der Waals surface area contributed by atoms with Gasteiger partial charge >= 0.3 is 0 Å². The first-order chi connectivity index (χ1) is 34.7. The largest absolute Gasteiger partial charge is 0.278 e. The molecule has 4 aliphatic rings. The third-order valence-corrected chi connectivity index (χ3v) is 19.4. The molecular formula is C62H45N7Si. The number of benzene rings is 9. The summed E-state index contributed by atoms with van der Waals surface area (Å²) in [6, 6.07) is 81.7. The Labute approximate surface area is 405 Å². The van der Waals surface area contributed by atoms with Gasteiger partial charge in [-0.2, -0.15) is 15.0 Å². The molecule has 0 aliphatic heterocycles. The molecule has 332 valence electrons. The van der Waals surface area contributed by atoms with Gasteiger partial charge in [0.25, 0.3) is 0 Å². The molecule has 0 unspecified atom stereocenters. The molecule has 70 heavy (non-hydrogen) atoms. The maximum atomic E-state index is 5.64. The molecule has 4 heterocycles. The first-order valence-corrected chi connectivity index (χ1v) is 26.2. The van der Waals surface area contributed by atoms with Crippen LogP contribution in [-0.4, -0.2) is 41.5 Å². The van der Waals surface area contributed by atoms with Gasteiger partial charge in [-0.25, -0.2) is 9.55 Å². The molecule has 13 aromatic rings. The standard InChI is InChI=1S/C62H45N7Si/c1-4-18-47(19-5-1)70(48-20-6-2-7-21-48,49-22-8-3-9-23-49)50-24-16-17-46(41-50)59-64-60(67-53-27-12-10-25-51(53)52-26-11-13-28-54(52)67)66-61(65-59)69-56-30-15-14-29-55(56)68-58-45-38-36-43-33-31-42(32-34-43)35-37-44(39-40-45)57(58)63-62(68)69/h1-34,39-41H,35-38H2. The van der Waals surface area contributed by atoms with Gasteiger partial charge in [-0.1, -0.05) is 200 Å². The zero-order chi connectivity index (χ0) is 46.2. The van der Waals surface area contributed by atoms with E-state index in [0.29, 0.717) is 17.7 Å². The number of rotatable bonds is 7. The van der Waals surface area contributed by atoms with E-state index in [9.17, 15) is 0 Å². The highest BCUT2D eigenvalue weighted by atomic mass is 28.3. The summed E-state index contributed by atoms with van der Waals surface area (Å²) in [4.78, 5) is 22.3. The van der Waals surface area contributed by atoms with E-state index in [1.165, 1.54) is 43.0 Å². The van der Waals surface area contributed by atoms with Crippen molar-refractivity contribution in [3.05, 3.63) is 247 Å². The van der Waals surface area contributed by atoms with Crippen molar-refractivity contribution < 1.29 is 0 Å². The topological polar surface area (TPSA) is 65.8 Å². The lowest BCUT2D eigenvalue weighted by Crippen LogP contribution is -2.74. The molecular weight excluding hydrogens is 871 g/mol. The number of fused-ring (bicyclic) bond motifs is 6. The maximum absolute atomic E-state index is 5.64. The van der Waals surface area contributed by atoms with Crippen LogP contribution in [0, 0.1) is 0 Å². The Bertz CT molecular complexity index is 3970. The normalized spacial score (nSPS) is 12.9. The molecule has 0 fully saturated rings. The predicted octanol–water partition coefficient (Wildman–Crippen LogP) is 10.6. The Morgan fingerprint density at radius 1 is 0.357 bits per heavy atom. The van der Waals surface area contributed by atoms with Gasteiger partial charge in [0.2, 0.25) is 17.7 Å². The zero-order valence-electron chi connectivity index (χ0n) is 38.3. The van der Waals surface area contributed by atoms with Gasteiger partial charge in [-0.3, -0.25) is 8.97 Å². The second-order valence-electron chi connectivity index (χ2n) is 18.5. The molecule has 4 aromatic heterocycles. The van der Waals surface area contributed by atoms with Crippen LogP contribution in [0.25, 0.3) is 72.9 Å². The Kier molecular flexibility index (Phi) is 9.35. The van der Waals surface area contributed by atoms with Crippen LogP contribution in [-0.2, 0) is 25.7 Å². The average molecular weight is 916 g/mol. The fourth-order valence-corrected chi connectivity index (χ4v) is 16.2. The van der Waals surface area contributed by atoms with Gasteiger partial charge in [-0.15, -0.1) is 0 Å². The molecule has 4 bridgehead atoms. The van der Waals surface area contributed by atoms with Crippen molar-refractivity contribution in [2.75, 3.05) is 0 Å². The van der Waals surface area contributed by atoms with Crippen LogP contribution < -0.4 is 20.7 Å². The predicted molar refractivity (Wildman–Crippen MR) is 288 cm³/mol. The van der Waals surface area contributed by atoms with E-state index in [1.54, 1.807) is 0 Å². The Morgan fingerprint density at radius 3 is 1.44 bits per heavy atom. The zero-order valence-corrected chi connectivity index (χ0v) is 39.3. The van der Waals surface area contributed by atoms with Gasteiger partial charge in [0.05, 0.1) is 33.1 Å². The number of hydrogen-bond donors (Lipinski definition) is 0. The highest BCUT2D eigenvalue weighted by Gasteiger charge is 2.41. The summed E-state index contributed by atoms with van der Waals surface area (Å²) in [7, 11) is -2.90. The Hall–Kier alpha value is -8.72. The molecule has 8 heteroatoms. The molecule has 0 spiro atoms. The van der Waals surface area contributed by atoms with Crippen LogP contribution in [0.1, 0.15) is 22.3 Å². The highest BCUT2D eigenvalue weighted by Crippen LogP contribution is 2.35. The van der Waals surface area contributed by atoms with Crippen LogP contribution in [0.4, 0.5) is 0 Å². The second kappa shape index (κ2) is 16.2. The smallest absolute Gasteiger partial charge is 0.242 e. The van der Waals surface area contributed by atoms with Gasteiger partial charge in [0, 0.05) is 16.3 Å². The molecule has 9 aromatic carbocycles. The van der Waals surface area contributed by atoms with Crippen LogP contribution in [0.5, 0.6) is 0 Å². The summed E-state index contributed by atoms with van der Waals surface area (Å²) < 4.78 is 6.73. The van der Waals surface area contributed by atoms with Crippen molar-refractivity contribution in [3.63, 3.8) is 0 Å². The molecule has 7 nitrogen and oxygen atoms in total. The third kappa shape index (κ3) is 6.26. The van der Waals surface area contributed by atoms with E-state index in [0.717, 1.165) is 80.9 Å². The Balaban J connectivity index is 1.06. The molecule has 0 N–H and O–H groups in total. The minimum absolute atomic E-state index is 0.505. The quantitative estimate of drug-likeness (QED) is 0.118. The van der Waals surface area contributed by atoms with Crippen LogP contribution in [0.3, 0.4) is 0 Å². The number of imidazole rings is 2. The van der Waals surface area contributed by atoms with Crippen LogP contribution in [0.15, 0.2) is 224 Å². The fraction of sp³-hybridized carbons (Fsp3) is 0.0645. The average Bonchev–Trinajstić information content (AvgIpc) is 4.08. The van der Waals surface area contributed by atoms with E-state index in [1.807, 2.05) is 0 Å². The number of nitrogens with zero attached hydrogens (tertiary/aromatic N) is 7. The van der Waals surface area contributed by atoms with Gasteiger partial charge < -0.3 is 0 Å². The Morgan fingerprint density at radius 2 is 0.843 bits per heavy atom. The van der Waals surface area contributed by atoms with E-state index in [2.05, 4.69) is 238 Å². The molecule has 0 saturated carbocycles. The summed E-state index contributed by atoms with van der Waals surface area (Å²) >= 11 is 0. The van der Waals surface area contributed by atoms with E-state index < -0.39 is 8.07 Å². The van der Waals surface area contributed by atoms with Gasteiger partial charge in [0.1, 0.15) is 0 Å². The van der Waals surface area contributed by atoms with Crippen molar-refractivity contribution in [3.8, 4) is 23.3 Å². The van der Waals surface area contributed by atoms with Crippen LogP contribution in [0.2, 0.25) is 0 Å². The van der Waals surface area contributed by atoms with Crippen LogP contribution >= 0.6 is 0 Å². The summed E-state index contributed by atoms with van der Waals surface area (Å²) in [6.45, 7) is 0. The number of aromatic nitrogens is 7. The second-order valence-corrected chi connectivity index (χ2v) is 22.3. The minimum atomic E-state index is -2.90. The number of para-hydroxylation sites is 4. The maximum Gasteiger partial charge on any atom is 0.242 e. The molecule has 0 saturated heterocycles. The van der Waals surface area contributed by atoms with E-state index in [4.69, 9.17) is 19.9 Å². The summed E-state index contributed by atoms with van der Waals surface area (Å²) in [5.74, 6) is 2.40.